The first-order valence-corrected chi connectivity index (χ1v) is 5.60. The first-order chi connectivity index (χ1) is 7.65. The van der Waals surface area contributed by atoms with E-state index in [1.807, 2.05) is 0 Å². The van der Waals surface area contributed by atoms with E-state index in [0.717, 1.165) is 36.8 Å². The summed E-state index contributed by atoms with van der Waals surface area (Å²) >= 11 is 5.82. The van der Waals surface area contributed by atoms with Gasteiger partial charge in [0.1, 0.15) is 5.82 Å². The fraction of sp³-hybridized carbons (Fsp3) is 0.417. The lowest BCUT2D eigenvalue weighted by molar-refractivity contribution is 0.234. The number of fused-ring (bicyclic) bond motifs is 1. The molecular weight excluding hydrogens is 229 g/mol. The molecule has 1 aliphatic carbocycles. The molecule has 1 atom stereocenters. The fourth-order valence-corrected chi connectivity index (χ4v) is 2.49. The van der Waals surface area contributed by atoms with Crippen molar-refractivity contribution in [2.75, 3.05) is 0 Å². The first-order valence-electron chi connectivity index (χ1n) is 5.22. The fourth-order valence-electron chi connectivity index (χ4n) is 2.22. The lowest BCUT2D eigenvalue weighted by Crippen LogP contribution is -2.11. The Hall–Kier alpha value is -1.11. The maximum absolute atomic E-state index is 13.5. The Kier molecular flexibility index (Phi) is 3.13. The summed E-state index contributed by atoms with van der Waals surface area (Å²) in [5.74, 6) is -0.549. The maximum Gasteiger partial charge on any atom is 0.167 e. The second-order valence-electron chi connectivity index (χ2n) is 3.96. The van der Waals surface area contributed by atoms with Gasteiger partial charge < -0.3 is 5.11 Å². The van der Waals surface area contributed by atoms with Crippen LogP contribution in [0.2, 0.25) is 5.02 Å². The van der Waals surface area contributed by atoms with Crippen molar-refractivity contribution in [1.29, 1.82) is 5.26 Å². The topological polar surface area (TPSA) is 44.0 Å². The van der Waals surface area contributed by atoms with Crippen molar-refractivity contribution in [2.45, 2.75) is 31.8 Å². The van der Waals surface area contributed by atoms with Gasteiger partial charge in [-0.2, -0.15) is 5.26 Å². The Labute approximate surface area is 98.3 Å². The summed E-state index contributed by atoms with van der Waals surface area (Å²) in [7, 11) is 0. The average Bonchev–Trinajstić information content (AvgIpc) is 2.30. The number of hydrogen-bond acceptors (Lipinski definition) is 2. The summed E-state index contributed by atoms with van der Waals surface area (Å²) < 4.78 is 13.5. The van der Waals surface area contributed by atoms with E-state index in [2.05, 4.69) is 0 Å². The van der Waals surface area contributed by atoms with E-state index < -0.39 is 11.9 Å². The zero-order valence-corrected chi connectivity index (χ0v) is 9.39. The number of hydrogen-bond donors (Lipinski definition) is 1. The molecule has 1 N–H and O–H groups in total. The average molecular weight is 240 g/mol. The molecule has 0 spiro atoms. The van der Waals surface area contributed by atoms with Gasteiger partial charge in [0.2, 0.25) is 0 Å². The summed E-state index contributed by atoms with van der Waals surface area (Å²) in [4.78, 5) is 0. The molecule has 84 valence electrons. The van der Waals surface area contributed by atoms with Crippen molar-refractivity contribution in [3.63, 3.8) is 0 Å². The largest absolute Gasteiger partial charge is 0.374 e. The molecule has 0 bridgehead atoms. The Morgan fingerprint density at radius 3 is 2.81 bits per heavy atom. The minimum atomic E-state index is -1.34. The molecule has 16 heavy (non-hydrogen) atoms. The third kappa shape index (κ3) is 1.79. The normalized spacial score (nSPS) is 16.4. The Morgan fingerprint density at radius 2 is 2.12 bits per heavy atom. The van der Waals surface area contributed by atoms with Gasteiger partial charge in [0.25, 0.3) is 0 Å². The molecule has 2 nitrogen and oxygen atoms in total. The van der Waals surface area contributed by atoms with Crippen LogP contribution in [-0.4, -0.2) is 5.11 Å². The van der Waals surface area contributed by atoms with Crippen molar-refractivity contribution in [2.24, 2.45) is 0 Å². The quantitative estimate of drug-likeness (QED) is 0.766. The van der Waals surface area contributed by atoms with E-state index >= 15 is 0 Å². The zero-order chi connectivity index (χ0) is 11.7. The van der Waals surface area contributed by atoms with Crippen LogP contribution >= 0.6 is 11.6 Å². The molecule has 2 rings (SSSR count). The van der Waals surface area contributed by atoms with E-state index in [-0.39, 0.29) is 10.6 Å². The molecule has 0 fully saturated rings. The molecule has 1 aromatic carbocycles. The van der Waals surface area contributed by atoms with Crippen LogP contribution in [0.3, 0.4) is 0 Å². The highest BCUT2D eigenvalue weighted by molar-refractivity contribution is 6.31. The van der Waals surface area contributed by atoms with Gasteiger partial charge in [-0.25, -0.2) is 4.39 Å². The van der Waals surface area contributed by atoms with Gasteiger partial charge in [-0.05, 0) is 42.9 Å². The van der Waals surface area contributed by atoms with Gasteiger partial charge in [-0.15, -0.1) is 0 Å². The summed E-state index contributed by atoms with van der Waals surface area (Å²) in [5, 5.41) is 18.2. The van der Waals surface area contributed by atoms with E-state index in [0.29, 0.717) is 0 Å². The molecule has 1 aromatic rings. The number of nitriles is 1. The van der Waals surface area contributed by atoms with Crippen LogP contribution in [0.25, 0.3) is 0 Å². The highest BCUT2D eigenvalue weighted by atomic mass is 35.5. The van der Waals surface area contributed by atoms with Crippen molar-refractivity contribution in [1.82, 2.24) is 0 Å². The van der Waals surface area contributed by atoms with Crippen LogP contribution in [0.15, 0.2) is 6.07 Å². The van der Waals surface area contributed by atoms with Gasteiger partial charge in [0, 0.05) is 5.56 Å². The second kappa shape index (κ2) is 4.40. The Morgan fingerprint density at radius 1 is 1.44 bits per heavy atom. The molecule has 1 aliphatic rings. The van der Waals surface area contributed by atoms with E-state index in [9.17, 15) is 9.50 Å². The van der Waals surface area contributed by atoms with Gasteiger partial charge in [0.15, 0.2) is 6.10 Å². The number of rotatable bonds is 1. The maximum atomic E-state index is 13.5. The molecular formula is C12H11ClFNO. The lowest BCUT2D eigenvalue weighted by Gasteiger charge is -2.21. The first kappa shape index (κ1) is 11.4. The minimum absolute atomic E-state index is 0.116. The van der Waals surface area contributed by atoms with Crippen LogP contribution < -0.4 is 0 Å². The predicted octanol–water partition coefficient (Wildman–Crippen LogP) is 2.91. The number of benzene rings is 1. The van der Waals surface area contributed by atoms with Crippen LogP contribution in [0, 0.1) is 17.1 Å². The summed E-state index contributed by atoms with van der Waals surface area (Å²) in [6, 6.07) is 3.12. The third-order valence-electron chi connectivity index (χ3n) is 2.98. The van der Waals surface area contributed by atoms with Crippen LogP contribution in [-0.2, 0) is 12.8 Å². The minimum Gasteiger partial charge on any atom is -0.374 e. The van der Waals surface area contributed by atoms with Crippen LogP contribution in [0.1, 0.15) is 35.6 Å². The molecule has 0 saturated carbocycles. The molecule has 0 heterocycles. The molecule has 0 aliphatic heterocycles. The van der Waals surface area contributed by atoms with Crippen LogP contribution in [0.4, 0.5) is 4.39 Å². The number of aryl methyl sites for hydroxylation is 1. The third-order valence-corrected chi connectivity index (χ3v) is 3.36. The van der Waals surface area contributed by atoms with Gasteiger partial charge in [-0.1, -0.05) is 11.6 Å². The zero-order valence-electron chi connectivity index (χ0n) is 8.63. The number of aliphatic hydroxyl groups is 1. The van der Waals surface area contributed by atoms with Gasteiger partial charge >= 0.3 is 0 Å². The smallest absolute Gasteiger partial charge is 0.167 e. The van der Waals surface area contributed by atoms with Crippen molar-refractivity contribution >= 4 is 11.6 Å². The highest BCUT2D eigenvalue weighted by Gasteiger charge is 2.23. The summed E-state index contributed by atoms with van der Waals surface area (Å²) in [6.07, 6.45) is 2.20. The van der Waals surface area contributed by atoms with E-state index in [1.165, 1.54) is 6.07 Å². The molecule has 1 unspecified atom stereocenters. The van der Waals surface area contributed by atoms with Crippen LogP contribution in [0.5, 0.6) is 0 Å². The Balaban J connectivity index is 2.64. The number of halogens is 2. The van der Waals surface area contributed by atoms with E-state index in [1.54, 1.807) is 6.07 Å². The summed E-state index contributed by atoms with van der Waals surface area (Å²) in [6.45, 7) is 0. The number of aliphatic hydroxyl groups excluding tert-OH is 1. The molecule has 0 saturated heterocycles. The van der Waals surface area contributed by atoms with E-state index in [4.69, 9.17) is 16.9 Å². The monoisotopic (exact) mass is 239 g/mol. The SMILES string of the molecule is N#CC(O)c1c(Cl)c(F)cc2c1CCCC2. The van der Waals surface area contributed by atoms with Gasteiger partial charge in [0.05, 0.1) is 11.1 Å². The van der Waals surface area contributed by atoms with Crippen molar-refractivity contribution in [3.8, 4) is 6.07 Å². The molecule has 0 amide bonds. The second-order valence-corrected chi connectivity index (χ2v) is 4.34. The predicted molar refractivity (Wildman–Crippen MR) is 58.6 cm³/mol. The standard InChI is InChI=1S/C12H11ClFNO/c13-12-9(14)5-7-3-1-2-4-8(7)11(12)10(16)6-15/h5,10,16H,1-4H2. The van der Waals surface area contributed by atoms with Gasteiger partial charge in [-0.3, -0.25) is 0 Å². The Bertz CT molecular complexity index is 467. The van der Waals surface area contributed by atoms with Crippen molar-refractivity contribution in [3.05, 3.63) is 33.6 Å². The molecule has 0 aromatic heterocycles. The summed E-state index contributed by atoms with van der Waals surface area (Å²) in [5.41, 5.74) is 1.99. The van der Waals surface area contributed by atoms with Crippen molar-refractivity contribution < 1.29 is 9.50 Å². The molecule has 0 radical (unpaired) electrons. The highest BCUT2D eigenvalue weighted by Crippen LogP contribution is 2.35. The lowest BCUT2D eigenvalue weighted by atomic mass is 9.86. The molecule has 4 heteroatoms. The number of nitrogens with zero attached hydrogens (tertiary/aromatic N) is 1.